The predicted molar refractivity (Wildman–Crippen MR) is 72.0 cm³/mol. The first-order valence-electron chi connectivity index (χ1n) is 5.88. The second-order valence-electron chi connectivity index (χ2n) is 3.98. The van der Waals surface area contributed by atoms with Crippen molar-refractivity contribution in [1.82, 2.24) is 9.97 Å². The van der Waals surface area contributed by atoms with Gasteiger partial charge in [-0.3, -0.25) is 0 Å². The molecule has 1 aromatic carbocycles. The van der Waals surface area contributed by atoms with E-state index in [-0.39, 0.29) is 17.4 Å². The predicted octanol–water partition coefficient (Wildman–Crippen LogP) is 2.65. The van der Waals surface area contributed by atoms with Crippen molar-refractivity contribution in [3.8, 4) is 5.88 Å². The van der Waals surface area contributed by atoms with Crippen LogP contribution in [0.3, 0.4) is 0 Å². The molecule has 0 bridgehead atoms. The summed E-state index contributed by atoms with van der Waals surface area (Å²) < 4.78 is 19.0. The maximum absolute atomic E-state index is 13.7. The zero-order valence-electron chi connectivity index (χ0n) is 10.8. The van der Waals surface area contributed by atoms with Crippen molar-refractivity contribution < 1.29 is 9.13 Å². The van der Waals surface area contributed by atoms with Crippen LogP contribution in [0.1, 0.15) is 12.5 Å². The number of aryl methyl sites for hydroxylation is 1. The minimum Gasteiger partial charge on any atom is -0.476 e. The van der Waals surface area contributed by atoms with Crippen LogP contribution >= 0.6 is 0 Å². The molecule has 6 heteroatoms. The van der Waals surface area contributed by atoms with Crippen LogP contribution in [-0.2, 0) is 0 Å². The van der Waals surface area contributed by atoms with Crippen molar-refractivity contribution in [2.24, 2.45) is 0 Å². The van der Waals surface area contributed by atoms with Gasteiger partial charge in [0, 0.05) is 0 Å². The average Bonchev–Trinajstić information content (AvgIpc) is 2.37. The van der Waals surface area contributed by atoms with E-state index in [1.165, 1.54) is 12.4 Å². The Morgan fingerprint density at radius 3 is 2.84 bits per heavy atom. The molecule has 100 valence electrons. The number of nitrogen functional groups attached to an aromatic ring is 1. The Kier molecular flexibility index (Phi) is 3.79. The van der Waals surface area contributed by atoms with E-state index in [1.807, 2.05) is 13.8 Å². The molecule has 0 aliphatic rings. The summed E-state index contributed by atoms with van der Waals surface area (Å²) in [5.41, 5.74) is 7.26. The molecule has 0 spiro atoms. The van der Waals surface area contributed by atoms with Gasteiger partial charge in [-0.2, -0.15) is 4.98 Å². The highest BCUT2D eigenvalue weighted by Crippen LogP contribution is 2.28. The second kappa shape index (κ2) is 5.51. The van der Waals surface area contributed by atoms with E-state index in [2.05, 4.69) is 15.3 Å². The van der Waals surface area contributed by atoms with Gasteiger partial charge < -0.3 is 15.8 Å². The van der Waals surface area contributed by atoms with Crippen molar-refractivity contribution in [3.63, 3.8) is 0 Å². The summed E-state index contributed by atoms with van der Waals surface area (Å²) in [6.45, 7) is 4.09. The van der Waals surface area contributed by atoms with Gasteiger partial charge in [-0.1, -0.05) is 6.07 Å². The number of ether oxygens (including phenoxy) is 1. The third-order valence-corrected chi connectivity index (χ3v) is 2.51. The van der Waals surface area contributed by atoms with Gasteiger partial charge in [-0.25, -0.2) is 9.37 Å². The number of halogens is 1. The van der Waals surface area contributed by atoms with Crippen LogP contribution in [-0.4, -0.2) is 16.6 Å². The largest absolute Gasteiger partial charge is 0.476 e. The van der Waals surface area contributed by atoms with E-state index >= 15 is 0 Å². The lowest BCUT2D eigenvalue weighted by Gasteiger charge is -2.11. The fourth-order valence-electron chi connectivity index (χ4n) is 1.58. The van der Waals surface area contributed by atoms with Crippen LogP contribution in [0, 0.1) is 12.7 Å². The highest BCUT2D eigenvalue weighted by molar-refractivity contribution is 5.72. The fraction of sp³-hybridized carbons (Fsp3) is 0.231. The van der Waals surface area contributed by atoms with Gasteiger partial charge in [0.05, 0.1) is 12.3 Å². The molecule has 1 heterocycles. The van der Waals surface area contributed by atoms with Crippen molar-refractivity contribution in [2.75, 3.05) is 17.7 Å². The number of aromatic nitrogens is 2. The van der Waals surface area contributed by atoms with E-state index in [1.54, 1.807) is 12.1 Å². The maximum atomic E-state index is 13.7. The van der Waals surface area contributed by atoms with Crippen LogP contribution in [0.25, 0.3) is 0 Å². The Balaban J connectivity index is 2.30. The first kappa shape index (κ1) is 13.1. The summed E-state index contributed by atoms with van der Waals surface area (Å²) >= 11 is 0. The van der Waals surface area contributed by atoms with Gasteiger partial charge in [0.15, 0.2) is 5.82 Å². The van der Waals surface area contributed by atoms with Gasteiger partial charge in [-0.05, 0) is 31.5 Å². The van der Waals surface area contributed by atoms with E-state index in [0.717, 1.165) is 5.56 Å². The Hall–Kier alpha value is -2.37. The molecule has 19 heavy (non-hydrogen) atoms. The Labute approximate surface area is 110 Å². The van der Waals surface area contributed by atoms with E-state index in [9.17, 15) is 4.39 Å². The molecule has 0 atom stereocenters. The minimum atomic E-state index is -0.365. The number of rotatable bonds is 4. The fourth-order valence-corrected chi connectivity index (χ4v) is 1.58. The van der Waals surface area contributed by atoms with E-state index in [0.29, 0.717) is 18.1 Å². The molecule has 2 aromatic rings. The zero-order chi connectivity index (χ0) is 13.8. The van der Waals surface area contributed by atoms with E-state index < -0.39 is 0 Å². The highest BCUT2D eigenvalue weighted by atomic mass is 19.1. The zero-order valence-corrected chi connectivity index (χ0v) is 10.8. The number of anilines is 3. The normalized spacial score (nSPS) is 10.3. The molecule has 5 nitrogen and oxygen atoms in total. The first-order valence-corrected chi connectivity index (χ1v) is 5.88. The van der Waals surface area contributed by atoms with Gasteiger partial charge in [0.1, 0.15) is 17.8 Å². The molecule has 0 amide bonds. The van der Waals surface area contributed by atoms with Crippen LogP contribution in [0.4, 0.5) is 21.6 Å². The number of nitrogens with zero attached hydrogens (tertiary/aromatic N) is 2. The van der Waals surface area contributed by atoms with Gasteiger partial charge in [0.25, 0.3) is 0 Å². The van der Waals surface area contributed by atoms with Crippen molar-refractivity contribution in [3.05, 3.63) is 35.9 Å². The molecule has 0 saturated carbocycles. The Morgan fingerprint density at radius 1 is 1.37 bits per heavy atom. The quantitative estimate of drug-likeness (QED) is 0.886. The summed E-state index contributed by atoms with van der Waals surface area (Å²) in [6.07, 6.45) is 1.32. The molecular formula is C13H15FN4O. The number of hydrogen-bond donors (Lipinski definition) is 2. The summed E-state index contributed by atoms with van der Waals surface area (Å²) in [6, 6.07) is 4.86. The third-order valence-electron chi connectivity index (χ3n) is 2.51. The summed E-state index contributed by atoms with van der Waals surface area (Å²) in [4.78, 5) is 7.90. The molecule has 0 radical (unpaired) electrons. The van der Waals surface area contributed by atoms with Crippen molar-refractivity contribution >= 4 is 17.2 Å². The summed E-state index contributed by atoms with van der Waals surface area (Å²) in [7, 11) is 0. The molecule has 0 fully saturated rings. The monoisotopic (exact) mass is 262 g/mol. The molecule has 0 saturated heterocycles. The third kappa shape index (κ3) is 2.90. The Morgan fingerprint density at radius 2 is 2.16 bits per heavy atom. The molecule has 1 aromatic heterocycles. The molecule has 2 rings (SSSR count). The first-order chi connectivity index (χ1) is 9.11. The van der Waals surface area contributed by atoms with Crippen LogP contribution in [0.2, 0.25) is 0 Å². The Bertz CT molecular complexity index is 589. The number of benzene rings is 1. The van der Waals surface area contributed by atoms with E-state index in [4.69, 9.17) is 10.5 Å². The molecule has 0 aliphatic heterocycles. The number of nitrogens with one attached hydrogen (secondary N) is 1. The average molecular weight is 262 g/mol. The highest BCUT2D eigenvalue weighted by Gasteiger charge is 2.11. The molecular weight excluding hydrogens is 247 g/mol. The molecule has 0 aliphatic carbocycles. The molecule has 3 N–H and O–H groups in total. The lowest BCUT2D eigenvalue weighted by atomic mass is 10.2. The van der Waals surface area contributed by atoms with Crippen LogP contribution in [0.5, 0.6) is 5.88 Å². The smallest absolute Gasteiger partial charge is 0.242 e. The standard InChI is InChI=1S/C13H15FN4O/c1-3-19-13-11(15)12(16-7-17-13)18-10-5-4-8(2)6-9(10)14/h4-7H,3,15H2,1-2H3,(H,16,17,18). The second-order valence-corrected chi connectivity index (χ2v) is 3.98. The maximum Gasteiger partial charge on any atom is 0.242 e. The lowest BCUT2D eigenvalue weighted by molar-refractivity contribution is 0.328. The topological polar surface area (TPSA) is 73.1 Å². The molecule has 0 unspecified atom stereocenters. The lowest BCUT2D eigenvalue weighted by Crippen LogP contribution is -2.05. The van der Waals surface area contributed by atoms with Gasteiger partial charge in [-0.15, -0.1) is 0 Å². The van der Waals surface area contributed by atoms with Crippen molar-refractivity contribution in [2.45, 2.75) is 13.8 Å². The van der Waals surface area contributed by atoms with Gasteiger partial charge >= 0.3 is 0 Å². The SMILES string of the molecule is CCOc1ncnc(Nc2ccc(C)cc2F)c1N. The summed E-state index contributed by atoms with van der Waals surface area (Å²) in [5.74, 6) is 0.240. The number of hydrogen-bond acceptors (Lipinski definition) is 5. The van der Waals surface area contributed by atoms with Crippen LogP contribution in [0.15, 0.2) is 24.5 Å². The summed E-state index contributed by atoms with van der Waals surface area (Å²) in [5, 5.41) is 2.84. The van der Waals surface area contributed by atoms with Gasteiger partial charge in [0.2, 0.25) is 5.88 Å². The van der Waals surface area contributed by atoms with Crippen molar-refractivity contribution in [1.29, 1.82) is 0 Å². The number of nitrogens with two attached hydrogens (primary N) is 1. The minimum absolute atomic E-state index is 0.254. The van der Waals surface area contributed by atoms with Crippen LogP contribution < -0.4 is 15.8 Å².